The summed E-state index contributed by atoms with van der Waals surface area (Å²) in [5, 5.41) is 8.79. The number of aromatic nitrogens is 1. The van der Waals surface area contributed by atoms with E-state index in [2.05, 4.69) is 6.07 Å². The third-order valence-corrected chi connectivity index (χ3v) is 2.76. The first-order valence-electron chi connectivity index (χ1n) is 5.69. The molecular weight excluding hydrogens is 224 g/mol. The fourth-order valence-electron chi connectivity index (χ4n) is 1.84. The van der Waals surface area contributed by atoms with Crippen molar-refractivity contribution in [3.05, 3.63) is 65.5 Å². The molecule has 2 rings (SSSR count). The number of Topliss-reactive ketones (excluding diaryl/α,β-unsaturated/α-hetero) is 1. The molecule has 2 aromatic rings. The average Bonchev–Trinajstić information content (AvgIpc) is 2.39. The van der Waals surface area contributed by atoms with Gasteiger partial charge in [-0.1, -0.05) is 6.07 Å². The van der Waals surface area contributed by atoms with Gasteiger partial charge in [0, 0.05) is 17.7 Å². The monoisotopic (exact) mass is 237 g/mol. The molecule has 0 N–H and O–H groups in total. The minimum Gasteiger partial charge on any atom is -0.287 e. The van der Waals surface area contributed by atoms with Gasteiger partial charge in [-0.05, 0) is 30.7 Å². The van der Waals surface area contributed by atoms with Crippen molar-refractivity contribution in [2.75, 3.05) is 0 Å². The summed E-state index contributed by atoms with van der Waals surface area (Å²) in [5.74, 6) is 0.0492. The van der Waals surface area contributed by atoms with Crippen LogP contribution >= 0.6 is 0 Å². The second-order valence-corrected chi connectivity index (χ2v) is 4.11. The lowest BCUT2D eigenvalue weighted by molar-refractivity contribution is -0.683. The van der Waals surface area contributed by atoms with Gasteiger partial charge >= 0.3 is 0 Å². The summed E-state index contributed by atoms with van der Waals surface area (Å²) in [6.45, 7) is 2.16. The van der Waals surface area contributed by atoms with Gasteiger partial charge in [0.2, 0.25) is 12.3 Å². The van der Waals surface area contributed by atoms with E-state index in [-0.39, 0.29) is 5.78 Å². The van der Waals surface area contributed by atoms with E-state index in [1.165, 1.54) is 0 Å². The smallest absolute Gasteiger partial charge is 0.227 e. The van der Waals surface area contributed by atoms with E-state index in [1.54, 1.807) is 18.2 Å². The van der Waals surface area contributed by atoms with E-state index in [4.69, 9.17) is 5.26 Å². The number of pyridine rings is 1. The molecule has 3 nitrogen and oxygen atoms in total. The molecule has 0 amide bonds. The number of carbonyl (C=O) groups is 1. The number of ketones is 1. The third kappa shape index (κ3) is 2.61. The van der Waals surface area contributed by atoms with Gasteiger partial charge in [-0.3, -0.25) is 4.79 Å². The Balaban J connectivity index is 2.22. The number of aryl methyl sites for hydroxylation is 1. The third-order valence-electron chi connectivity index (χ3n) is 2.76. The fraction of sp³-hybridized carbons (Fsp3) is 0.133. The first kappa shape index (κ1) is 12.0. The predicted octanol–water partition coefficient (Wildman–Crippen LogP) is 2.04. The van der Waals surface area contributed by atoms with Crippen molar-refractivity contribution < 1.29 is 9.36 Å². The first-order chi connectivity index (χ1) is 8.70. The normalized spacial score (nSPS) is 9.78. The molecule has 0 fully saturated rings. The highest BCUT2D eigenvalue weighted by Crippen LogP contribution is 2.11. The zero-order valence-corrected chi connectivity index (χ0v) is 10.1. The largest absolute Gasteiger partial charge is 0.287 e. The van der Waals surface area contributed by atoms with Crippen LogP contribution < -0.4 is 4.57 Å². The molecule has 0 saturated heterocycles. The van der Waals surface area contributed by atoms with Gasteiger partial charge in [0.05, 0.1) is 11.6 Å². The molecule has 3 heteroatoms. The molecule has 0 radical (unpaired) electrons. The summed E-state index contributed by atoms with van der Waals surface area (Å²) in [7, 11) is 0. The summed E-state index contributed by atoms with van der Waals surface area (Å²) in [6.07, 6.45) is 3.72. The lowest BCUT2D eigenvalue weighted by atomic mass is 10.0. The first-order valence-corrected chi connectivity index (χ1v) is 5.69. The van der Waals surface area contributed by atoms with Crippen molar-refractivity contribution in [2.24, 2.45) is 0 Å². The van der Waals surface area contributed by atoms with E-state index < -0.39 is 0 Å². The average molecular weight is 237 g/mol. The highest BCUT2D eigenvalue weighted by molar-refractivity contribution is 5.96. The van der Waals surface area contributed by atoms with Gasteiger partial charge in [-0.2, -0.15) is 9.83 Å². The Labute approximate surface area is 106 Å². The van der Waals surface area contributed by atoms with Gasteiger partial charge in [-0.15, -0.1) is 0 Å². The molecule has 0 aliphatic carbocycles. The molecule has 0 spiro atoms. The Morgan fingerprint density at radius 3 is 2.61 bits per heavy atom. The number of carbonyl (C=O) groups excluding carboxylic acids is 1. The second kappa shape index (κ2) is 5.24. The lowest BCUT2D eigenvalue weighted by Crippen LogP contribution is -2.37. The molecule has 1 aromatic heterocycles. The van der Waals surface area contributed by atoms with Crippen LogP contribution in [0, 0.1) is 18.3 Å². The van der Waals surface area contributed by atoms with Crippen LogP contribution in [-0.2, 0) is 6.54 Å². The zero-order chi connectivity index (χ0) is 13.0. The minimum atomic E-state index is 0.0492. The van der Waals surface area contributed by atoms with Crippen molar-refractivity contribution in [1.29, 1.82) is 5.26 Å². The van der Waals surface area contributed by atoms with Crippen molar-refractivity contribution in [3.63, 3.8) is 0 Å². The maximum atomic E-state index is 12.1. The van der Waals surface area contributed by atoms with Crippen LogP contribution in [0.2, 0.25) is 0 Å². The van der Waals surface area contributed by atoms with Crippen LogP contribution in [0.15, 0.2) is 48.8 Å². The number of nitriles is 1. The maximum Gasteiger partial charge on any atom is 0.227 e. The Kier molecular flexibility index (Phi) is 3.49. The van der Waals surface area contributed by atoms with Crippen LogP contribution in [0.25, 0.3) is 0 Å². The molecular formula is C15H13N2O+. The molecule has 1 aromatic carbocycles. The Hall–Kier alpha value is -2.47. The Morgan fingerprint density at radius 2 is 2.00 bits per heavy atom. The van der Waals surface area contributed by atoms with Crippen LogP contribution in [-0.4, -0.2) is 5.78 Å². The number of hydrogen-bond acceptors (Lipinski definition) is 2. The topological polar surface area (TPSA) is 44.7 Å². The summed E-state index contributed by atoms with van der Waals surface area (Å²) in [6, 6.07) is 12.9. The summed E-state index contributed by atoms with van der Waals surface area (Å²) in [4.78, 5) is 12.1. The van der Waals surface area contributed by atoms with E-state index in [0.29, 0.717) is 17.7 Å². The van der Waals surface area contributed by atoms with Crippen LogP contribution in [0.4, 0.5) is 0 Å². The number of benzene rings is 1. The van der Waals surface area contributed by atoms with Gasteiger partial charge in [0.25, 0.3) is 0 Å². The van der Waals surface area contributed by atoms with E-state index in [9.17, 15) is 4.79 Å². The van der Waals surface area contributed by atoms with Crippen LogP contribution in [0.3, 0.4) is 0 Å². The SMILES string of the molecule is Cc1cc(C#N)ccc1C(=O)C[n+]1ccccc1. The van der Waals surface area contributed by atoms with Crippen LogP contribution in [0.1, 0.15) is 21.5 Å². The molecule has 88 valence electrons. The Morgan fingerprint density at radius 1 is 1.28 bits per heavy atom. The van der Waals surface area contributed by atoms with Crippen molar-refractivity contribution in [2.45, 2.75) is 13.5 Å². The summed E-state index contributed by atoms with van der Waals surface area (Å²) >= 11 is 0. The second-order valence-electron chi connectivity index (χ2n) is 4.11. The molecule has 1 heterocycles. The van der Waals surface area contributed by atoms with Crippen molar-refractivity contribution in [1.82, 2.24) is 0 Å². The predicted molar refractivity (Wildman–Crippen MR) is 66.9 cm³/mol. The minimum absolute atomic E-state index is 0.0492. The quantitative estimate of drug-likeness (QED) is 0.605. The summed E-state index contributed by atoms with van der Waals surface area (Å²) in [5.41, 5.74) is 2.09. The highest BCUT2D eigenvalue weighted by atomic mass is 16.1. The van der Waals surface area contributed by atoms with Gasteiger partial charge < -0.3 is 0 Å². The molecule has 0 unspecified atom stereocenters. The molecule has 0 bridgehead atoms. The highest BCUT2D eigenvalue weighted by Gasteiger charge is 2.14. The van der Waals surface area contributed by atoms with Gasteiger partial charge in [0.1, 0.15) is 0 Å². The van der Waals surface area contributed by atoms with Crippen molar-refractivity contribution >= 4 is 5.78 Å². The summed E-state index contributed by atoms with van der Waals surface area (Å²) < 4.78 is 1.83. The maximum absolute atomic E-state index is 12.1. The molecule has 0 aliphatic heterocycles. The molecule has 0 atom stereocenters. The zero-order valence-electron chi connectivity index (χ0n) is 10.1. The Bertz CT molecular complexity index is 612. The van der Waals surface area contributed by atoms with Crippen molar-refractivity contribution in [3.8, 4) is 6.07 Å². The van der Waals surface area contributed by atoms with Gasteiger partial charge in [-0.25, -0.2) is 0 Å². The van der Waals surface area contributed by atoms with E-state index >= 15 is 0 Å². The van der Waals surface area contributed by atoms with E-state index in [1.807, 2.05) is 42.1 Å². The lowest BCUT2D eigenvalue weighted by Gasteiger charge is -2.03. The number of hydrogen-bond donors (Lipinski definition) is 0. The van der Waals surface area contributed by atoms with Gasteiger partial charge in [0.15, 0.2) is 12.4 Å². The standard InChI is InChI=1S/C15H13N2O/c1-12-9-13(10-16)5-6-14(12)15(18)11-17-7-3-2-4-8-17/h2-9H,11H2,1H3/q+1. The fourth-order valence-corrected chi connectivity index (χ4v) is 1.84. The van der Waals surface area contributed by atoms with E-state index in [0.717, 1.165) is 5.56 Å². The number of nitrogens with zero attached hydrogens (tertiary/aromatic N) is 2. The number of rotatable bonds is 3. The molecule has 0 saturated carbocycles. The van der Waals surface area contributed by atoms with Crippen LogP contribution in [0.5, 0.6) is 0 Å². The molecule has 0 aliphatic rings. The molecule has 18 heavy (non-hydrogen) atoms.